The van der Waals surface area contributed by atoms with Gasteiger partial charge in [0.1, 0.15) is 0 Å². The fourth-order valence-corrected chi connectivity index (χ4v) is 1.72. The summed E-state index contributed by atoms with van der Waals surface area (Å²) in [5.41, 5.74) is 0.222. The van der Waals surface area contributed by atoms with E-state index in [2.05, 4.69) is 39.9 Å². The van der Waals surface area contributed by atoms with Gasteiger partial charge in [-0.3, -0.25) is 0 Å². The molecule has 0 heterocycles. The molecule has 0 aliphatic rings. The standard InChI is InChI=1S/C15H33NO/c1-6-7-8-9-10-13-17-14(2)11-12-16-15(3,4)5/h14,16H,6-13H2,1-5H3. The van der Waals surface area contributed by atoms with Gasteiger partial charge in [-0.1, -0.05) is 32.6 Å². The highest BCUT2D eigenvalue weighted by Crippen LogP contribution is 2.05. The van der Waals surface area contributed by atoms with Crippen molar-refractivity contribution in [3.05, 3.63) is 0 Å². The zero-order valence-electron chi connectivity index (χ0n) is 12.6. The lowest BCUT2D eigenvalue weighted by atomic mass is 10.1. The van der Waals surface area contributed by atoms with Crippen LogP contribution in [-0.4, -0.2) is 24.8 Å². The van der Waals surface area contributed by atoms with Gasteiger partial charge >= 0.3 is 0 Å². The Morgan fingerprint density at radius 2 is 1.71 bits per heavy atom. The normalized spacial score (nSPS) is 13.9. The highest BCUT2D eigenvalue weighted by molar-refractivity contribution is 4.70. The summed E-state index contributed by atoms with van der Waals surface area (Å²) in [5.74, 6) is 0. The minimum absolute atomic E-state index is 0.222. The third-order valence-electron chi connectivity index (χ3n) is 2.86. The molecule has 17 heavy (non-hydrogen) atoms. The molecular formula is C15H33NO. The van der Waals surface area contributed by atoms with E-state index in [9.17, 15) is 0 Å². The van der Waals surface area contributed by atoms with E-state index in [1.807, 2.05) is 0 Å². The van der Waals surface area contributed by atoms with E-state index >= 15 is 0 Å². The van der Waals surface area contributed by atoms with Crippen molar-refractivity contribution < 1.29 is 4.74 Å². The summed E-state index contributed by atoms with van der Waals surface area (Å²) in [4.78, 5) is 0. The second-order valence-electron chi connectivity index (χ2n) is 6.06. The first kappa shape index (κ1) is 16.9. The van der Waals surface area contributed by atoms with Gasteiger partial charge < -0.3 is 10.1 Å². The van der Waals surface area contributed by atoms with Crippen molar-refractivity contribution in [1.29, 1.82) is 0 Å². The third-order valence-corrected chi connectivity index (χ3v) is 2.86. The number of ether oxygens (including phenoxy) is 1. The second kappa shape index (κ2) is 9.90. The number of rotatable bonds is 10. The van der Waals surface area contributed by atoms with Crippen LogP contribution in [0, 0.1) is 0 Å². The summed E-state index contributed by atoms with van der Waals surface area (Å²) < 4.78 is 5.80. The molecule has 1 unspecified atom stereocenters. The Labute approximate surface area is 109 Å². The van der Waals surface area contributed by atoms with Crippen LogP contribution in [0.5, 0.6) is 0 Å². The zero-order valence-corrected chi connectivity index (χ0v) is 12.6. The maximum atomic E-state index is 5.80. The van der Waals surface area contributed by atoms with Crippen LogP contribution in [0.15, 0.2) is 0 Å². The maximum absolute atomic E-state index is 5.80. The van der Waals surface area contributed by atoms with Gasteiger partial charge in [0, 0.05) is 12.1 Å². The Bertz CT molecular complexity index is 163. The Hall–Kier alpha value is -0.0800. The second-order valence-corrected chi connectivity index (χ2v) is 6.06. The van der Waals surface area contributed by atoms with Crippen LogP contribution in [-0.2, 0) is 4.74 Å². The molecule has 0 aromatic carbocycles. The van der Waals surface area contributed by atoms with Crippen molar-refractivity contribution in [2.75, 3.05) is 13.2 Å². The molecule has 0 saturated carbocycles. The molecule has 1 N–H and O–H groups in total. The molecule has 0 amide bonds. The summed E-state index contributed by atoms with van der Waals surface area (Å²) in [5, 5.41) is 3.49. The Morgan fingerprint density at radius 1 is 1.06 bits per heavy atom. The smallest absolute Gasteiger partial charge is 0.0559 e. The lowest BCUT2D eigenvalue weighted by Crippen LogP contribution is -2.37. The summed E-state index contributed by atoms with van der Waals surface area (Å²) in [6.07, 6.45) is 8.07. The molecule has 2 nitrogen and oxygen atoms in total. The third kappa shape index (κ3) is 13.9. The lowest BCUT2D eigenvalue weighted by Gasteiger charge is -2.22. The molecular weight excluding hydrogens is 210 g/mol. The van der Waals surface area contributed by atoms with Crippen LogP contribution >= 0.6 is 0 Å². The molecule has 2 heteroatoms. The number of nitrogens with one attached hydrogen (secondary N) is 1. The molecule has 104 valence electrons. The first-order chi connectivity index (χ1) is 7.95. The predicted octanol–water partition coefficient (Wildman–Crippen LogP) is 4.14. The molecule has 0 aliphatic heterocycles. The van der Waals surface area contributed by atoms with E-state index in [1.54, 1.807) is 0 Å². The van der Waals surface area contributed by atoms with E-state index in [1.165, 1.54) is 32.1 Å². The van der Waals surface area contributed by atoms with Crippen molar-refractivity contribution in [2.24, 2.45) is 0 Å². The van der Waals surface area contributed by atoms with Crippen LogP contribution in [0.4, 0.5) is 0 Å². The quantitative estimate of drug-likeness (QED) is 0.582. The van der Waals surface area contributed by atoms with Crippen LogP contribution in [0.3, 0.4) is 0 Å². The largest absolute Gasteiger partial charge is 0.378 e. The van der Waals surface area contributed by atoms with Gasteiger partial charge in [-0.15, -0.1) is 0 Å². The van der Waals surface area contributed by atoms with Crippen molar-refractivity contribution >= 4 is 0 Å². The van der Waals surface area contributed by atoms with Gasteiger partial charge in [0.25, 0.3) is 0 Å². The van der Waals surface area contributed by atoms with Gasteiger partial charge in [-0.25, -0.2) is 0 Å². The molecule has 1 atom stereocenters. The molecule has 0 fully saturated rings. The zero-order chi connectivity index (χ0) is 13.1. The Kier molecular flexibility index (Phi) is 9.85. The van der Waals surface area contributed by atoms with Crippen molar-refractivity contribution in [1.82, 2.24) is 5.32 Å². The number of unbranched alkanes of at least 4 members (excludes halogenated alkanes) is 4. The highest BCUT2D eigenvalue weighted by Gasteiger charge is 2.09. The first-order valence-corrected chi connectivity index (χ1v) is 7.32. The highest BCUT2D eigenvalue weighted by atomic mass is 16.5. The van der Waals surface area contributed by atoms with Crippen molar-refractivity contribution in [3.63, 3.8) is 0 Å². The number of hydrogen-bond donors (Lipinski definition) is 1. The minimum Gasteiger partial charge on any atom is -0.378 e. The molecule has 0 rings (SSSR count). The molecule has 0 aliphatic carbocycles. The first-order valence-electron chi connectivity index (χ1n) is 7.32. The number of hydrogen-bond acceptors (Lipinski definition) is 2. The Morgan fingerprint density at radius 3 is 2.29 bits per heavy atom. The van der Waals surface area contributed by atoms with Gasteiger partial charge in [-0.05, 0) is 47.1 Å². The molecule has 0 radical (unpaired) electrons. The summed E-state index contributed by atoms with van der Waals surface area (Å²) in [6, 6.07) is 0. The monoisotopic (exact) mass is 243 g/mol. The summed E-state index contributed by atoms with van der Waals surface area (Å²) >= 11 is 0. The van der Waals surface area contributed by atoms with E-state index < -0.39 is 0 Å². The van der Waals surface area contributed by atoms with Crippen molar-refractivity contribution in [2.45, 2.75) is 84.8 Å². The maximum Gasteiger partial charge on any atom is 0.0559 e. The van der Waals surface area contributed by atoms with Crippen LogP contribution in [0.25, 0.3) is 0 Å². The molecule has 0 saturated heterocycles. The van der Waals surface area contributed by atoms with Gasteiger partial charge in [-0.2, -0.15) is 0 Å². The van der Waals surface area contributed by atoms with Gasteiger partial charge in [0.05, 0.1) is 6.10 Å². The van der Waals surface area contributed by atoms with Crippen molar-refractivity contribution in [3.8, 4) is 0 Å². The predicted molar refractivity (Wildman–Crippen MR) is 76.5 cm³/mol. The van der Waals surface area contributed by atoms with Gasteiger partial charge in [0.2, 0.25) is 0 Å². The fourth-order valence-electron chi connectivity index (χ4n) is 1.72. The molecule has 0 aromatic rings. The van der Waals surface area contributed by atoms with Crippen LogP contribution in [0.1, 0.15) is 73.1 Å². The average Bonchev–Trinajstić information content (AvgIpc) is 2.21. The lowest BCUT2D eigenvalue weighted by molar-refractivity contribution is 0.0566. The molecule has 0 spiro atoms. The molecule has 0 bridgehead atoms. The molecule has 0 aromatic heterocycles. The summed E-state index contributed by atoms with van der Waals surface area (Å²) in [7, 11) is 0. The van der Waals surface area contributed by atoms with E-state index in [-0.39, 0.29) is 5.54 Å². The minimum atomic E-state index is 0.222. The average molecular weight is 243 g/mol. The van der Waals surface area contributed by atoms with E-state index in [4.69, 9.17) is 4.74 Å². The topological polar surface area (TPSA) is 21.3 Å². The summed E-state index contributed by atoms with van der Waals surface area (Å²) in [6.45, 7) is 13.0. The van der Waals surface area contributed by atoms with Crippen LogP contribution < -0.4 is 5.32 Å². The van der Waals surface area contributed by atoms with Crippen LogP contribution in [0.2, 0.25) is 0 Å². The van der Waals surface area contributed by atoms with E-state index in [0.29, 0.717) is 6.10 Å². The fraction of sp³-hybridized carbons (Fsp3) is 1.00. The van der Waals surface area contributed by atoms with E-state index in [0.717, 1.165) is 19.6 Å². The SMILES string of the molecule is CCCCCCCOC(C)CCNC(C)(C)C. The Balaban J connectivity index is 3.26. The van der Waals surface area contributed by atoms with Gasteiger partial charge in [0.15, 0.2) is 0 Å².